The number of hydrogen-bond acceptors (Lipinski definition) is 5. The Morgan fingerprint density at radius 1 is 1.03 bits per heavy atom. The molecule has 0 atom stereocenters. The third-order valence-corrected chi connectivity index (χ3v) is 6.63. The highest BCUT2D eigenvalue weighted by atomic mass is 32.2. The van der Waals surface area contributed by atoms with Crippen LogP contribution in [0.15, 0.2) is 71.9 Å². The van der Waals surface area contributed by atoms with Crippen molar-refractivity contribution in [2.45, 2.75) is 18.4 Å². The smallest absolute Gasteiger partial charge is 0.490 e. The zero-order valence-corrected chi connectivity index (χ0v) is 19.3. The highest BCUT2D eigenvalue weighted by Gasteiger charge is 2.34. The molecule has 0 aliphatic carbocycles. The number of carbonyl (C=O) groups is 1. The number of benzene rings is 2. The normalized spacial score (nSPS) is 11.0. The average Bonchev–Trinajstić information content (AvgIpc) is 2.83. The zero-order valence-electron chi connectivity index (χ0n) is 18.5. The quantitative estimate of drug-likeness (QED) is 0.394. The summed E-state index contributed by atoms with van der Waals surface area (Å²) in [6.45, 7) is 13.3. The summed E-state index contributed by atoms with van der Waals surface area (Å²) in [5.74, 6) is 0.392. The number of ether oxygens (including phenoxy) is 1. The molecule has 0 saturated heterocycles. The van der Waals surface area contributed by atoms with Gasteiger partial charge in [0, 0.05) is 35.7 Å². The fraction of sp³-hybridized carbons (Fsp3) is 0.125. The first-order valence-electron chi connectivity index (χ1n) is 9.88. The van der Waals surface area contributed by atoms with E-state index >= 15 is 0 Å². The van der Waals surface area contributed by atoms with Crippen molar-refractivity contribution in [2.75, 3.05) is 7.11 Å². The third-order valence-electron chi connectivity index (χ3n) is 5.00. The van der Waals surface area contributed by atoms with Gasteiger partial charge in [-0.25, -0.2) is 0 Å². The van der Waals surface area contributed by atoms with Crippen molar-refractivity contribution < 1.29 is 31.1 Å². The van der Waals surface area contributed by atoms with E-state index in [1.165, 1.54) is 36.0 Å². The molecule has 0 saturated carbocycles. The van der Waals surface area contributed by atoms with Gasteiger partial charge in [0.05, 0.1) is 7.11 Å². The first-order valence-corrected chi connectivity index (χ1v) is 11.3. The van der Waals surface area contributed by atoms with Crippen LogP contribution in [0.25, 0.3) is 0 Å². The molecule has 0 fully saturated rings. The second-order valence-electron chi connectivity index (χ2n) is 7.24. The highest BCUT2D eigenvalue weighted by molar-refractivity contribution is 7.85. The molecule has 0 unspecified atom stereocenters. The third kappa shape index (κ3) is 4.93. The number of urea groups is 1. The molecule has 0 radical (unpaired) electrons. The van der Waals surface area contributed by atoms with Crippen LogP contribution < -0.4 is 4.74 Å². The largest absolute Gasteiger partial charge is 0.676 e. The summed E-state index contributed by atoms with van der Waals surface area (Å²) in [5.41, 5.74) is 2.27. The summed E-state index contributed by atoms with van der Waals surface area (Å²) in [7, 11) is -2.51. The molecule has 9 heteroatoms. The Labute approximate surface area is 193 Å². The highest BCUT2D eigenvalue weighted by Crippen LogP contribution is 2.33. The van der Waals surface area contributed by atoms with Gasteiger partial charge in [-0.2, -0.15) is 13.2 Å². The molecule has 0 bridgehead atoms. The fourth-order valence-electron chi connectivity index (χ4n) is 3.22. The molecule has 0 aliphatic rings. The maximum atomic E-state index is 13.2. The lowest BCUT2D eigenvalue weighted by atomic mass is 10.2. The maximum absolute atomic E-state index is 13.2. The summed E-state index contributed by atoms with van der Waals surface area (Å²) in [4.78, 5) is 16.7. The van der Waals surface area contributed by atoms with E-state index in [0.717, 1.165) is 14.1 Å². The summed E-state index contributed by atoms with van der Waals surface area (Å²) in [6.07, 6.45) is 3.29. The summed E-state index contributed by atoms with van der Waals surface area (Å²) < 4.78 is 35.0. The molecule has 3 rings (SSSR count). The van der Waals surface area contributed by atoms with Crippen molar-refractivity contribution in [3.8, 4) is 5.75 Å². The standard InChI is InChI=1S/C24H25N4O4S/c1-18-8-6-10-22(32-5)23(18)28(4)33(30,31)21-13-11-20(12-14-21)27(3)24(29)26(2)17-19-9-7-15-25-16-19/h6-16H,2-4,17H2,1,5H3/q+3. The number of rotatable bonds is 7. The van der Waals surface area contributed by atoms with Crippen molar-refractivity contribution in [3.05, 3.63) is 78.1 Å². The Morgan fingerprint density at radius 3 is 2.33 bits per heavy atom. The second-order valence-corrected chi connectivity index (χ2v) is 9.11. The summed E-state index contributed by atoms with van der Waals surface area (Å²) >= 11 is 0. The lowest BCUT2D eigenvalue weighted by Crippen LogP contribution is -2.26. The predicted molar refractivity (Wildman–Crippen MR) is 126 cm³/mol. The Kier molecular flexibility index (Phi) is 6.93. The fourth-order valence-corrected chi connectivity index (χ4v) is 4.43. The van der Waals surface area contributed by atoms with Crippen LogP contribution in [-0.2, 0) is 16.6 Å². The van der Waals surface area contributed by atoms with E-state index in [9.17, 15) is 13.2 Å². The van der Waals surface area contributed by atoms with Gasteiger partial charge in [-0.1, -0.05) is 20.7 Å². The van der Waals surface area contributed by atoms with Gasteiger partial charge < -0.3 is 4.74 Å². The van der Waals surface area contributed by atoms with E-state index in [1.807, 2.05) is 6.07 Å². The summed E-state index contributed by atoms with van der Waals surface area (Å²) in [5, 5.41) is 0. The van der Waals surface area contributed by atoms with Gasteiger partial charge in [0.1, 0.15) is 18.3 Å². The van der Waals surface area contributed by atoms with Crippen LogP contribution in [0.3, 0.4) is 0 Å². The van der Waals surface area contributed by atoms with Gasteiger partial charge in [-0.3, -0.25) is 4.98 Å². The van der Waals surface area contributed by atoms with Gasteiger partial charge in [0.2, 0.25) is 5.69 Å². The molecule has 33 heavy (non-hydrogen) atoms. The Bertz CT molecular complexity index is 1350. The van der Waals surface area contributed by atoms with Crippen LogP contribution >= 0.6 is 0 Å². The van der Waals surface area contributed by atoms with Crippen molar-refractivity contribution >= 4 is 47.6 Å². The number of carbonyl (C=O) groups excluding carboxylic acids is 1. The molecular formula is C24H25N4O4S+3. The number of amides is 2. The predicted octanol–water partition coefficient (Wildman–Crippen LogP) is 3.51. The SMILES string of the molecule is C=[N+](Cc1cccnc1)C(=O)[N+](=C)c1ccc(S(=O)(=O)[N+](=C)c2c(C)cccc2OC)cc1. The van der Waals surface area contributed by atoms with Crippen LogP contribution in [0.4, 0.5) is 16.2 Å². The number of nitrogens with zero attached hydrogens (tertiary/aromatic N) is 4. The van der Waals surface area contributed by atoms with Gasteiger partial charge in [0.15, 0.2) is 19.0 Å². The molecule has 1 heterocycles. The topological polar surface area (TPSA) is 82.4 Å². The lowest BCUT2D eigenvalue weighted by Gasteiger charge is -2.08. The van der Waals surface area contributed by atoms with Gasteiger partial charge in [-0.05, 0) is 37.3 Å². The number of methoxy groups -OCH3 is 1. The first-order chi connectivity index (χ1) is 15.7. The molecule has 3 aromatic rings. The zero-order chi connectivity index (χ0) is 24.2. The molecule has 0 spiro atoms. The molecular weight excluding hydrogens is 440 g/mol. The second kappa shape index (κ2) is 9.66. The van der Waals surface area contributed by atoms with Crippen molar-refractivity contribution in [3.63, 3.8) is 0 Å². The van der Waals surface area contributed by atoms with Crippen LogP contribution in [0.1, 0.15) is 11.1 Å². The van der Waals surface area contributed by atoms with E-state index in [-0.39, 0.29) is 11.4 Å². The van der Waals surface area contributed by atoms with Crippen LogP contribution in [0.2, 0.25) is 0 Å². The molecule has 2 amide bonds. The average molecular weight is 466 g/mol. The molecule has 0 N–H and O–H groups in total. The van der Waals surface area contributed by atoms with Gasteiger partial charge in [-0.15, -0.1) is 4.58 Å². The van der Waals surface area contributed by atoms with E-state index in [2.05, 4.69) is 25.1 Å². The van der Waals surface area contributed by atoms with Gasteiger partial charge in [0.25, 0.3) is 5.69 Å². The Balaban J connectivity index is 1.82. The van der Waals surface area contributed by atoms with E-state index in [1.54, 1.807) is 43.6 Å². The van der Waals surface area contributed by atoms with Gasteiger partial charge >= 0.3 is 16.1 Å². The van der Waals surface area contributed by atoms with Crippen LogP contribution in [-0.4, -0.2) is 59.8 Å². The number of aromatic nitrogens is 1. The van der Waals surface area contributed by atoms with Crippen LogP contribution in [0, 0.1) is 6.92 Å². The minimum absolute atomic E-state index is 0.00856. The number of aryl methyl sites for hydroxylation is 1. The summed E-state index contributed by atoms with van der Waals surface area (Å²) in [6, 6.07) is 14.1. The lowest BCUT2D eigenvalue weighted by molar-refractivity contribution is -0.537. The molecule has 0 aliphatic heterocycles. The number of hydrogen-bond donors (Lipinski definition) is 0. The van der Waals surface area contributed by atoms with E-state index < -0.39 is 16.1 Å². The Morgan fingerprint density at radius 2 is 1.73 bits per heavy atom. The number of sulfonamides is 1. The van der Waals surface area contributed by atoms with E-state index in [4.69, 9.17) is 4.74 Å². The minimum atomic E-state index is -3.98. The molecule has 8 nitrogen and oxygen atoms in total. The van der Waals surface area contributed by atoms with Crippen molar-refractivity contribution in [2.24, 2.45) is 0 Å². The van der Waals surface area contributed by atoms with Crippen LogP contribution in [0.5, 0.6) is 5.75 Å². The minimum Gasteiger partial charge on any atom is -0.490 e. The molecule has 1 aromatic heterocycles. The molecule has 2 aromatic carbocycles. The number of pyridine rings is 1. The maximum Gasteiger partial charge on any atom is 0.676 e. The first kappa shape index (κ1) is 23.7. The van der Waals surface area contributed by atoms with Crippen molar-refractivity contribution in [1.29, 1.82) is 0 Å². The monoisotopic (exact) mass is 465 g/mol. The van der Waals surface area contributed by atoms with Crippen molar-refractivity contribution in [1.82, 2.24) is 4.98 Å². The Hall–Kier alpha value is -3.98. The number of para-hydroxylation sites is 1. The molecule has 168 valence electrons. The van der Waals surface area contributed by atoms with E-state index in [0.29, 0.717) is 22.7 Å².